The Kier molecular flexibility index (Phi) is 3.62. The molecule has 5 nitrogen and oxygen atoms in total. The van der Waals surface area contributed by atoms with Crippen LogP contribution < -0.4 is 11.1 Å². The van der Waals surface area contributed by atoms with Gasteiger partial charge in [0.2, 0.25) is 5.91 Å². The molecule has 0 aliphatic carbocycles. The first-order valence-electron chi connectivity index (χ1n) is 6.02. The molecule has 0 saturated carbocycles. The van der Waals surface area contributed by atoms with E-state index in [0.29, 0.717) is 13.1 Å². The van der Waals surface area contributed by atoms with Gasteiger partial charge >= 0.3 is 0 Å². The summed E-state index contributed by atoms with van der Waals surface area (Å²) in [6.07, 6.45) is 3.94. The van der Waals surface area contributed by atoms with Gasteiger partial charge in [0.05, 0.1) is 12.2 Å². The van der Waals surface area contributed by atoms with Gasteiger partial charge in [-0.15, -0.1) is 0 Å². The normalized spacial score (nSPS) is 12.6. The zero-order valence-electron chi connectivity index (χ0n) is 10.7. The first-order valence-corrected chi connectivity index (χ1v) is 6.02. The molecule has 0 aliphatic rings. The number of nitrogens with one attached hydrogen (secondary N) is 1. The largest absolute Gasteiger partial charge is 0.350 e. The average Bonchev–Trinajstić information content (AvgIpc) is 2.76. The second-order valence-corrected chi connectivity index (χ2v) is 4.56. The Morgan fingerprint density at radius 2 is 2.28 bits per heavy atom. The van der Waals surface area contributed by atoms with Gasteiger partial charge in [-0.2, -0.15) is 0 Å². The van der Waals surface area contributed by atoms with Crippen molar-refractivity contribution in [1.82, 2.24) is 14.7 Å². The molecule has 0 fully saturated rings. The van der Waals surface area contributed by atoms with Crippen LogP contribution in [-0.2, 0) is 11.3 Å². The third-order valence-corrected chi connectivity index (χ3v) is 2.89. The summed E-state index contributed by atoms with van der Waals surface area (Å²) in [5.74, 6) is -0.199. The van der Waals surface area contributed by atoms with Crippen molar-refractivity contribution >= 4 is 11.6 Å². The van der Waals surface area contributed by atoms with Gasteiger partial charge < -0.3 is 15.5 Å². The van der Waals surface area contributed by atoms with E-state index in [0.717, 1.165) is 11.3 Å². The molecule has 5 heteroatoms. The number of hydrogen-bond donors (Lipinski definition) is 2. The molecule has 1 atom stereocenters. The summed E-state index contributed by atoms with van der Waals surface area (Å²) in [4.78, 5) is 16.0. The maximum atomic E-state index is 11.6. The number of aromatic nitrogens is 2. The van der Waals surface area contributed by atoms with Crippen LogP contribution >= 0.6 is 0 Å². The fourth-order valence-electron chi connectivity index (χ4n) is 1.70. The van der Waals surface area contributed by atoms with Crippen LogP contribution in [0.25, 0.3) is 5.65 Å². The van der Waals surface area contributed by atoms with Crippen LogP contribution in [0.1, 0.15) is 18.2 Å². The minimum atomic E-state index is -0.163. The standard InChI is InChI=1S/C13H18N4O/c1-9-3-4-12-16-11(8-17(12)7-9)6-15-13(18)10(2)5-14/h3-4,7-8,10H,5-6,14H2,1-2H3,(H,15,18). The van der Waals surface area contributed by atoms with E-state index in [1.807, 2.05) is 42.8 Å². The van der Waals surface area contributed by atoms with E-state index < -0.39 is 0 Å². The third-order valence-electron chi connectivity index (χ3n) is 2.89. The smallest absolute Gasteiger partial charge is 0.224 e. The van der Waals surface area contributed by atoms with Crippen molar-refractivity contribution in [3.63, 3.8) is 0 Å². The monoisotopic (exact) mass is 246 g/mol. The molecule has 3 N–H and O–H groups in total. The van der Waals surface area contributed by atoms with Gasteiger partial charge in [0, 0.05) is 24.9 Å². The summed E-state index contributed by atoms with van der Waals surface area (Å²) in [5.41, 5.74) is 8.34. The number of fused-ring (bicyclic) bond motifs is 1. The zero-order chi connectivity index (χ0) is 13.1. The maximum absolute atomic E-state index is 11.6. The predicted molar refractivity (Wildman–Crippen MR) is 70.0 cm³/mol. The van der Waals surface area contributed by atoms with Crippen LogP contribution in [-0.4, -0.2) is 21.8 Å². The van der Waals surface area contributed by atoms with Gasteiger partial charge in [0.1, 0.15) is 5.65 Å². The first-order chi connectivity index (χ1) is 8.60. The molecule has 0 saturated heterocycles. The molecule has 0 radical (unpaired) electrons. The summed E-state index contributed by atoms with van der Waals surface area (Å²) >= 11 is 0. The highest BCUT2D eigenvalue weighted by atomic mass is 16.1. The fraction of sp³-hybridized carbons (Fsp3) is 0.385. The quantitative estimate of drug-likeness (QED) is 0.840. The van der Waals surface area contributed by atoms with Crippen molar-refractivity contribution in [1.29, 1.82) is 0 Å². The van der Waals surface area contributed by atoms with E-state index in [9.17, 15) is 4.79 Å². The van der Waals surface area contributed by atoms with Crippen molar-refractivity contribution in [3.8, 4) is 0 Å². The molecule has 0 aromatic carbocycles. The summed E-state index contributed by atoms with van der Waals surface area (Å²) in [6, 6.07) is 3.98. The first kappa shape index (κ1) is 12.6. The van der Waals surface area contributed by atoms with Gasteiger partial charge in [-0.05, 0) is 18.6 Å². The molecule has 1 unspecified atom stereocenters. The van der Waals surface area contributed by atoms with Gasteiger partial charge in [-0.3, -0.25) is 4.79 Å². The van der Waals surface area contributed by atoms with E-state index in [-0.39, 0.29) is 11.8 Å². The van der Waals surface area contributed by atoms with Crippen LogP contribution in [0.2, 0.25) is 0 Å². The van der Waals surface area contributed by atoms with Gasteiger partial charge in [0.25, 0.3) is 0 Å². The van der Waals surface area contributed by atoms with E-state index >= 15 is 0 Å². The lowest BCUT2D eigenvalue weighted by atomic mass is 10.2. The molecular formula is C13H18N4O. The Balaban J connectivity index is 2.06. The zero-order valence-corrected chi connectivity index (χ0v) is 10.7. The van der Waals surface area contributed by atoms with E-state index in [1.165, 1.54) is 5.56 Å². The molecule has 0 bridgehead atoms. The number of rotatable bonds is 4. The molecule has 1 amide bonds. The lowest BCUT2D eigenvalue weighted by Crippen LogP contribution is -2.32. The summed E-state index contributed by atoms with van der Waals surface area (Å²) in [6.45, 7) is 4.63. The topological polar surface area (TPSA) is 72.4 Å². The summed E-state index contributed by atoms with van der Waals surface area (Å²) < 4.78 is 1.96. The molecule has 0 aliphatic heterocycles. The highest BCUT2D eigenvalue weighted by Gasteiger charge is 2.10. The molecule has 0 spiro atoms. The highest BCUT2D eigenvalue weighted by molar-refractivity contribution is 5.78. The number of nitrogens with zero attached hydrogens (tertiary/aromatic N) is 2. The third kappa shape index (κ3) is 2.68. The Hall–Kier alpha value is -1.88. The van der Waals surface area contributed by atoms with Crippen LogP contribution in [0.3, 0.4) is 0 Å². The molecule has 2 heterocycles. The summed E-state index contributed by atoms with van der Waals surface area (Å²) in [5, 5.41) is 2.83. The number of amides is 1. The van der Waals surface area contributed by atoms with Crippen molar-refractivity contribution in [2.75, 3.05) is 6.54 Å². The van der Waals surface area contributed by atoms with Crippen LogP contribution in [0.15, 0.2) is 24.5 Å². The maximum Gasteiger partial charge on any atom is 0.224 e. The van der Waals surface area contributed by atoms with Crippen molar-refractivity contribution in [3.05, 3.63) is 35.8 Å². The fourth-order valence-corrected chi connectivity index (χ4v) is 1.70. The minimum absolute atomic E-state index is 0.0364. The van der Waals surface area contributed by atoms with Gasteiger partial charge in [0.15, 0.2) is 0 Å². The molecule has 18 heavy (non-hydrogen) atoms. The second kappa shape index (κ2) is 5.18. The predicted octanol–water partition coefficient (Wildman–Crippen LogP) is 0.854. The van der Waals surface area contributed by atoms with Gasteiger partial charge in [-0.1, -0.05) is 13.0 Å². The van der Waals surface area contributed by atoms with Crippen molar-refractivity contribution < 1.29 is 4.79 Å². The van der Waals surface area contributed by atoms with Crippen LogP contribution in [0.4, 0.5) is 0 Å². The average molecular weight is 246 g/mol. The lowest BCUT2D eigenvalue weighted by Gasteiger charge is -2.07. The van der Waals surface area contributed by atoms with Crippen LogP contribution in [0.5, 0.6) is 0 Å². The van der Waals surface area contributed by atoms with E-state index in [1.54, 1.807) is 0 Å². The molecule has 2 rings (SSSR count). The number of pyridine rings is 1. The SMILES string of the molecule is Cc1ccc2nc(CNC(=O)C(C)CN)cn2c1. The Morgan fingerprint density at radius 3 is 3.00 bits per heavy atom. The number of nitrogens with two attached hydrogens (primary N) is 1. The molecular weight excluding hydrogens is 228 g/mol. The van der Waals surface area contributed by atoms with E-state index in [2.05, 4.69) is 10.3 Å². The Labute approximate surface area is 106 Å². The number of aryl methyl sites for hydroxylation is 1. The Bertz CT molecular complexity index is 561. The molecule has 2 aromatic heterocycles. The molecule has 96 valence electrons. The van der Waals surface area contributed by atoms with E-state index in [4.69, 9.17) is 5.73 Å². The number of carbonyl (C=O) groups is 1. The number of imidazole rings is 1. The van der Waals surface area contributed by atoms with Crippen molar-refractivity contribution in [2.24, 2.45) is 11.7 Å². The molecule has 2 aromatic rings. The highest BCUT2D eigenvalue weighted by Crippen LogP contribution is 2.07. The number of hydrogen-bond acceptors (Lipinski definition) is 3. The second-order valence-electron chi connectivity index (χ2n) is 4.56. The van der Waals surface area contributed by atoms with Gasteiger partial charge in [-0.25, -0.2) is 4.98 Å². The summed E-state index contributed by atoms with van der Waals surface area (Å²) in [7, 11) is 0. The Morgan fingerprint density at radius 1 is 1.50 bits per heavy atom. The lowest BCUT2D eigenvalue weighted by molar-refractivity contribution is -0.124. The minimum Gasteiger partial charge on any atom is -0.350 e. The number of carbonyl (C=O) groups excluding carboxylic acids is 1. The van der Waals surface area contributed by atoms with Crippen LogP contribution in [0, 0.1) is 12.8 Å². The van der Waals surface area contributed by atoms with Crippen molar-refractivity contribution in [2.45, 2.75) is 20.4 Å².